The van der Waals surface area contributed by atoms with Gasteiger partial charge in [-0.1, -0.05) is 23.5 Å². The Balaban J connectivity index is 2.43. The predicted molar refractivity (Wildman–Crippen MR) is 89.6 cm³/mol. The molecule has 0 saturated carbocycles. The smallest absolute Gasteiger partial charge is 0.213 e. The van der Waals surface area contributed by atoms with Gasteiger partial charge in [0.2, 0.25) is 5.13 Å². The average Bonchev–Trinajstić information content (AvgIpc) is 2.80. The summed E-state index contributed by atoms with van der Waals surface area (Å²) >= 11 is 1.45. The van der Waals surface area contributed by atoms with E-state index in [0.29, 0.717) is 5.13 Å². The van der Waals surface area contributed by atoms with E-state index < -0.39 is 0 Å². The van der Waals surface area contributed by atoms with Gasteiger partial charge in [0.15, 0.2) is 5.96 Å². The van der Waals surface area contributed by atoms with Crippen LogP contribution in [0, 0.1) is 12.3 Å². The molecule has 1 aromatic heterocycles. The maximum Gasteiger partial charge on any atom is 0.213 e. The van der Waals surface area contributed by atoms with Crippen LogP contribution in [0.4, 0.5) is 10.8 Å². The lowest BCUT2D eigenvalue weighted by molar-refractivity contribution is 1.07. The number of anilines is 1. The SMILES string of the molecule is CCN(C=N)c1cccc(-c2nc(N=C(N)N)sc2C)c1. The minimum Gasteiger partial charge on any atom is -0.370 e. The molecule has 0 bridgehead atoms. The van der Waals surface area contributed by atoms with Gasteiger partial charge in [0, 0.05) is 22.7 Å². The highest BCUT2D eigenvalue weighted by atomic mass is 32.1. The Kier molecular flexibility index (Phi) is 4.54. The van der Waals surface area contributed by atoms with Gasteiger partial charge in [0.25, 0.3) is 0 Å². The minimum atomic E-state index is 0.00464. The van der Waals surface area contributed by atoms with Crippen molar-refractivity contribution in [3.05, 3.63) is 29.1 Å². The standard InChI is InChI=1S/C14H18N6S/c1-3-20(8-15)11-6-4-5-10(7-11)12-9(2)21-14(18-12)19-13(16)17/h4-8,15H,3H2,1-2H3,(H4,16,17,18,19). The quantitative estimate of drug-likeness (QED) is 0.583. The molecule has 0 aliphatic rings. The number of hydrogen-bond acceptors (Lipinski definition) is 4. The third-order valence-corrected chi connectivity index (χ3v) is 3.82. The summed E-state index contributed by atoms with van der Waals surface area (Å²) in [5.74, 6) is 0.00464. The number of hydrogen-bond donors (Lipinski definition) is 3. The van der Waals surface area contributed by atoms with E-state index in [1.54, 1.807) is 0 Å². The number of aliphatic imine (C=N–C) groups is 1. The van der Waals surface area contributed by atoms with Gasteiger partial charge in [-0.25, -0.2) is 4.98 Å². The third kappa shape index (κ3) is 3.38. The maximum atomic E-state index is 7.44. The molecule has 2 rings (SSSR count). The Labute approximate surface area is 127 Å². The second-order valence-corrected chi connectivity index (χ2v) is 5.58. The van der Waals surface area contributed by atoms with Crippen LogP contribution in [0.3, 0.4) is 0 Å². The fourth-order valence-corrected chi connectivity index (χ4v) is 2.81. The second kappa shape index (κ2) is 6.36. The molecule has 0 unspecified atom stereocenters. The normalized spacial score (nSPS) is 10.2. The number of thiazole rings is 1. The lowest BCUT2D eigenvalue weighted by Gasteiger charge is -2.17. The van der Waals surface area contributed by atoms with Crippen molar-refractivity contribution in [1.82, 2.24) is 4.98 Å². The number of nitrogens with two attached hydrogens (primary N) is 2. The molecule has 1 heterocycles. The zero-order chi connectivity index (χ0) is 15.4. The molecule has 0 aliphatic heterocycles. The molecule has 0 fully saturated rings. The summed E-state index contributed by atoms with van der Waals surface area (Å²) in [5, 5.41) is 7.99. The van der Waals surface area contributed by atoms with Crippen molar-refractivity contribution in [2.45, 2.75) is 13.8 Å². The number of rotatable bonds is 5. The lowest BCUT2D eigenvalue weighted by atomic mass is 10.1. The molecule has 110 valence electrons. The first-order valence-corrected chi connectivity index (χ1v) is 7.31. The van der Waals surface area contributed by atoms with Crippen molar-refractivity contribution in [2.75, 3.05) is 11.4 Å². The molecule has 2 aromatic rings. The van der Waals surface area contributed by atoms with E-state index in [9.17, 15) is 0 Å². The van der Waals surface area contributed by atoms with Crippen molar-refractivity contribution in [1.29, 1.82) is 5.41 Å². The van der Waals surface area contributed by atoms with Crippen LogP contribution in [0.25, 0.3) is 11.3 Å². The molecular formula is C14H18N6S. The number of aryl methyl sites for hydroxylation is 1. The van der Waals surface area contributed by atoms with E-state index in [4.69, 9.17) is 16.9 Å². The molecule has 0 saturated heterocycles. The van der Waals surface area contributed by atoms with Gasteiger partial charge >= 0.3 is 0 Å². The van der Waals surface area contributed by atoms with Gasteiger partial charge in [-0.2, -0.15) is 4.99 Å². The first-order chi connectivity index (χ1) is 10.0. The Hall–Kier alpha value is -2.41. The van der Waals surface area contributed by atoms with E-state index in [0.717, 1.165) is 28.4 Å². The van der Waals surface area contributed by atoms with Crippen molar-refractivity contribution in [2.24, 2.45) is 16.5 Å². The van der Waals surface area contributed by atoms with E-state index in [1.165, 1.54) is 17.7 Å². The van der Waals surface area contributed by atoms with Crippen molar-refractivity contribution in [3.63, 3.8) is 0 Å². The highest BCUT2D eigenvalue weighted by Gasteiger charge is 2.11. The van der Waals surface area contributed by atoms with Gasteiger partial charge in [-0.15, -0.1) is 0 Å². The molecule has 0 radical (unpaired) electrons. The maximum absolute atomic E-state index is 7.44. The minimum absolute atomic E-state index is 0.00464. The van der Waals surface area contributed by atoms with Gasteiger partial charge in [0.1, 0.15) is 0 Å². The summed E-state index contributed by atoms with van der Waals surface area (Å²) in [6.07, 6.45) is 1.32. The molecule has 21 heavy (non-hydrogen) atoms. The Morgan fingerprint density at radius 1 is 1.48 bits per heavy atom. The summed E-state index contributed by atoms with van der Waals surface area (Å²) in [6.45, 7) is 4.73. The van der Waals surface area contributed by atoms with Crippen LogP contribution in [0.5, 0.6) is 0 Å². The van der Waals surface area contributed by atoms with E-state index in [2.05, 4.69) is 9.98 Å². The first kappa shape index (κ1) is 15.0. The van der Waals surface area contributed by atoms with E-state index >= 15 is 0 Å². The molecule has 0 aliphatic carbocycles. The first-order valence-electron chi connectivity index (χ1n) is 6.50. The molecule has 0 amide bonds. The molecule has 0 atom stereocenters. The van der Waals surface area contributed by atoms with E-state index in [-0.39, 0.29) is 5.96 Å². The lowest BCUT2D eigenvalue weighted by Crippen LogP contribution is -2.21. The number of nitrogens with zero attached hydrogens (tertiary/aromatic N) is 3. The molecule has 6 nitrogen and oxygen atoms in total. The van der Waals surface area contributed by atoms with Gasteiger partial charge in [0.05, 0.1) is 12.0 Å². The highest BCUT2D eigenvalue weighted by Crippen LogP contribution is 2.33. The fourth-order valence-electron chi connectivity index (χ4n) is 1.99. The van der Waals surface area contributed by atoms with Crippen molar-refractivity contribution in [3.8, 4) is 11.3 Å². The fraction of sp³-hybridized carbons (Fsp3) is 0.214. The van der Waals surface area contributed by atoms with Crippen LogP contribution >= 0.6 is 11.3 Å². The van der Waals surface area contributed by atoms with Gasteiger partial charge in [-0.3, -0.25) is 5.41 Å². The van der Waals surface area contributed by atoms with Crippen LogP contribution < -0.4 is 16.4 Å². The number of benzene rings is 1. The summed E-state index contributed by atoms with van der Waals surface area (Å²) in [4.78, 5) is 11.4. The van der Waals surface area contributed by atoms with Crippen molar-refractivity contribution >= 4 is 34.5 Å². The largest absolute Gasteiger partial charge is 0.370 e. The monoisotopic (exact) mass is 302 g/mol. The van der Waals surface area contributed by atoms with Crippen molar-refractivity contribution < 1.29 is 0 Å². The number of nitrogens with one attached hydrogen (secondary N) is 1. The summed E-state index contributed by atoms with van der Waals surface area (Å²) in [6, 6.07) is 7.92. The Bertz CT molecular complexity index is 672. The summed E-state index contributed by atoms with van der Waals surface area (Å²) in [5.41, 5.74) is 13.6. The van der Waals surface area contributed by atoms with Crippen LogP contribution in [-0.2, 0) is 0 Å². The van der Waals surface area contributed by atoms with Crippen LogP contribution in [0.1, 0.15) is 11.8 Å². The molecule has 1 aromatic carbocycles. The average molecular weight is 302 g/mol. The van der Waals surface area contributed by atoms with Gasteiger partial charge in [-0.05, 0) is 26.0 Å². The van der Waals surface area contributed by atoms with Crippen LogP contribution in [-0.4, -0.2) is 23.8 Å². The second-order valence-electron chi connectivity index (χ2n) is 4.40. The zero-order valence-electron chi connectivity index (χ0n) is 12.0. The van der Waals surface area contributed by atoms with Crippen LogP contribution in [0.2, 0.25) is 0 Å². The number of aromatic nitrogens is 1. The van der Waals surface area contributed by atoms with Gasteiger partial charge < -0.3 is 16.4 Å². The highest BCUT2D eigenvalue weighted by molar-refractivity contribution is 7.15. The molecule has 7 heteroatoms. The molecule has 0 spiro atoms. The molecular weight excluding hydrogens is 284 g/mol. The number of guanidine groups is 1. The summed E-state index contributed by atoms with van der Waals surface area (Å²) < 4.78 is 0. The predicted octanol–water partition coefficient (Wildman–Crippen LogP) is 2.46. The Morgan fingerprint density at radius 2 is 2.24 bits per heavy atom. The van der Waals surface area contributed by atoms with Crippen LogP contribution in [0.15, 0.2) is 29.3 Å². The topological polar surface area (TPSA) is 104 Å². The zero-order valence-corrected chi connectivity index (χ0v) is 12.8. The molecule has 5 N–H and O–H groups in total. The Morgan fingerprint density at radius 3 is 2.86 bits per heavy atom. The summed E-state index contributed by atoms with van der Waals surface area (Å²) in [7, 11) is 0. The third-order valence-electron chi connectivity index (χ3n) is 2.96. The van der Waals surface area contributed by atoms with E-state index in [1.807, 2.05) is 43.0 Å².